The molecule has 0 aliphatic heterocycles. The first-order valence-corrected chi connectivity index (χ1v) is 41.6. The Morgan fingerprint density at radius 2 is 0.574 bits per heavy atom. The molecule has 0 radical (unpaired) electrons. The van der Waals surface area contributed by atoms with E-state index in [2.05, 4.69) is 148 Å². The molecule has 0 bridgehead atoms. The minimum atomic E-state index is 0.198. The molecule has 101 heavy (non-hydrogen) atoms. The van der Waals surface area contributed by atoms with Crippen LogP contribution >= 0.6 is 0 Å². The molecule has 0 aliphatic carbocycles. The third-order valence-electron chi connectivity index (χ3n) is 19.2. The lowest BCUT2D eigenvalue weighted by molar-refractivity contribution is -0.702. The molecule has 13 heteroatoms. The van der Waals surface area contributed by atoms with Crippen LogP contribution in [0.15, 0.2) is 121 Å². The maximum atomic E-state index is 8.01. The number of hydrogen-bond donors (Lipinski definition) is 2. The third-order valence-corrected chi connectivity index (χ3v) is 19.2. The lowest BCUT2D eigenvalue weighted by Gasteiger charge is -2.32. The highest BCUT2D eigenvalue weighted by molar-refractivity contribution is 5.15. The molecule has 0 aliphatic rings. The van der Waals surface area contributed by atoms with Crippen molar-refractivity contribution >= 4 is 0 Å². The zero-order chi connectivity index (χ0) is 71.4. The Bertz CT molecular complexity index is 2210. The maximum absolute atomic E-state index is 8.01. The Labute approximate surface area is 618 Å². The van der Waals surface area contributed by atoms with Crippen molar-refractivity contribution in [3.05, 3.63) is 144 Å². The standard InChI is InChI=1S/C50H87NO8.C38H63NO3/c1-2-3-4-5-6-7-8-9-10-11-12-14-17-20-23-32-41-54-46-50(47-55-45-49-37-29-26-30-38-49)51(40-34-42-53-44-48-35-27-25-28-36-48)39-31-22-19-16-13-15-18-21-24-33-43-56-58-59-57-52;1-2-3-4-5-6-7-8-9-10-11-12-13-14-15-16-23-30-41-34-38(35-42-33-37-27-21-18-22-28-37)39-29-24-31-40-32-36-25-19-17-20-26-36/h25-30,35-38,50,52H,2-24,31-34,39-47H2,1H3;17-22,25-28,38-39H,2-16,23-24,29-35H2,1H3. The van der Waals surface area contributed by atoms with Crippen LogP contribution in [0.4, 0.5) is 0 Å². The maximum Gasteiger partial charge on any atom is 0.0855 e. The first-order chi connectivity index (χ1) is 50.2. The van der Waals surface area contributed by atoms with E-state index in [4.69, 9.17) is 38.6 Å². The molecular weight excluding hydrogens is 1260 g/mol. The summed E-state index contributed by atoms with van der Waals surface area (Å²) in [6, 6.07) is 42.1. The Hall–Kier alpha value is -3.64. The Morgan fingerprint density at radius 1 is 0.287 bits per heavy atom. The van der Waals surface area contributed by atoms with Crippen LogP contribution in [0.2, 0.25) is 0 Å². The van der Waals surface area contributed by atoms with Gasteiger partial charge in [0.2, 0.25) is 0 Å². The number of hydrogen-bond acceptors (Lipinski definition) is 13. The second-order valence-electron chi connectivity index (χ2n) is 28.5. The largest absolute Gasteiger partial charge is 0.380 e. The van der Waals surface area contributed by atoms with Crippen LogP contribution in [0.5, 0.6) is 0 Å². The molecule has 0 heterocycles. The van der Waals surface area contributed by atoms with Crippen LogP contribution in [0.25, 0.3) is 0 Å². The Kier molecular flexibility index (Phi) is 67.7. The molecule has 2 unspecified atom stereocenters. The molecule has 2 atom stereocenters. The summed E-state index contributed by atoms with van der Waals surface area (Å²) in [6.07, 6.45) is 58.3. The lowest BCUT2D eigenvalue weighted by Crippen LogP contribution is -2.43. The summed E-state index contributed by atoms with van der Waals surface area (Å²) < 4.78 is 36.9. The Balaban J connectivity index is 0.000000556. The normalized spacial score (nSPS) is 12.2. The fourth-order valence-corrected chi connectivity index (χ4v) is 13.0. The van der Waals surface area contributed by atoms with Gasteiger partial charge in [-0.1, -0.05) is 379 Å². The van der Waals surface area contributed by atoms with Crippen molar-refractivity contribution in [2.75, 3.05) is 79.1 Å². The highest BCUT2D eigenvalue weighted by Gasteiger charge is 2.20. The molecule has 4 aromatic carbocycles. The summed E-state index contributed by atoms with van der Waals surface area (Å²) in [5.74, 6) is 0. The zero-order valence-electron chi connectivity index (χ0n) is 64.6. The van der Waals surface area contributed by atoms with E-state index in [0.29, 0.717) is 59.5 Å². The predicted molar refractivity (Wildman–Crippen MR) is 420 cm³/mol. The molecule has 0 fully saturated rings. The van der Waals surface area contributed by atoms with E-state index in [1.807, 2.05) is 12.1 Å². The second-order valence-corrected chi connectivity index (χ2v) is 28.5. The van der Waals surface area contributed by atoms with Gasteiger partial charge in [0.05, 0.1) is 71.5 Å². The Morgan fingerprint density at radius 3 is 0.960 bits per heavy atom. The molecule has 0 spiro atoms. The van der Waals surface area contributed by atoms with Crippen LogP contribution < -0.4 is 5.32 Å². The number of rotatable bonds is 76. The predicted octanol–water partition coefficient (Wildman–Crippen LogP) is 24.0. The van der Waals surface area contributed by atoms with E-state index in [0.717, 1.165) is 84.6 Å². The average Bonchev–Trinajstić information content (AvgIpc) is 1.47. The molecule has 0 amide bonds. The van der Waals surface area contributed by atoms with Crippen molar-refractivity contribution in [1.29, 1.82) is 0 Å². The van der Waals surface area contributed by atoms with Crippen molar-refractivity contribution in [3.8, 4) is 0 Å². The highest BCUT2D eigenvalue weighted by atomic mass is 17.8. The van der Waals surface area contributed by atoms with Crippen molar-refractivity contribution < 1.29 is 53.7 Å². The topological polar surface area (TPSA) is 128 Å². The minimum Gasteiger partial charge on any atom is -0.380 e. The SMILES string of the molecule is CCCCCCCCCCCCCCCCCCOCC(COCc1ccccc1)N(CCCCCCCCCCCCOOOOO)CCCOCc1ccccc1.CCCCCCCCCCCCCCCCCCOCC(COCc1ccccc1)NCCCOCc1ccccc1. The molecule has 0 saturated heterocycles. The lowest BCUT2D eigenvalue weighted by atomic mass is 10.0. The molecule has 4 aromatic rings. The van der Waals surface area contributed by atoms with Crippen LogP contribution in [0.1, 0.15) is 319 Å². The van der Waals surface area contributed by atoms with Gasteiger partial charge in [-0.25, -0.2) is 10.1 Å². The minimum absolute atomic E-state index is 0.198. The van der Waals surface area contributed by atoms with Crippen LogP contribution in [0.3, 0.4) is 0 Å². The summed E-state index contributed by atoms with van der Waals surface area (Å²) in [6.45, 7) is 16.4. The van der Waals surface area contributed by atoms with Crippen molar-refractivity contribution in [3.63, 3.8) is 0 Å². The zero-order valence-corrected chi connectivity index (χ0v) is 64.6. The van der Waals surface area contributed by atoms with Gasteiger partial charge in [0, 0.05) is 33.0 Å². The number of unbranched alkanes of at least 4 members (excludes halogenated alkanes) is 39. The summed E-state index contributed by atoms with van der Waals surface area (Å²) >= 11 is 0. The average molecular weight is 1410 g/mol. The van der Waals surface area contributed by atoms with Crippen molar-refractivity contribution in [2.45, 2.75) is 335 Å². The van der Waals surface area contributed by atoms with Crippen molar-refractivity contribution in [2.24, 2.45) is 0 Å². The van der Waals surface area contributed by atoms with Gasteiger partial charge in [0.1, 0.15) is 0 Å². The second kappa shape index (κ2) is 74.6. The summed E-state index contributed by atoms with van der Waals surface area (Å²) in [4.78, 5) is 7.34. The van der Waals surface area contributed by atoms with E-state index in [1.54, 1.807) is 0 Å². The highest BCUT2D eigenvalue weighted by Crippen LogP contribution is 2.19. The fourth-order valence-electron chi connectivity index (χ4n) is 13.0. The molecule has 4 rings (SSSR count). The molecule has 13 nitrogen and oxygen atoms in total. The van der Waals surface area contributed by atoms with E-state index in [-0.39, 0.29) is 12.1 Å². The van der Waals surface area contributed by atoms with E-state index in [1.165, 1.54) is 266 Å². The number of nitrogens with one attached hydrogen (secondary N) is 1. The number of benzene rings is 4. The van der Waals surface area contributed by atoms with Gasteiger partial charge >= 0.3 is 0 Å². The van der Waals surface area contributed by atoms with E-state index >= 15 is 0 Å². The first-order valence-electron chi connectivity index (χ1n) is 41.6. The molecule has 2 N–H and O–H groups in total. The quantitative estimate of drug-likeness (QED) is 0.0248. The van der Waals surface area contributed by atoms with E-state index in [9.17, 15) is 0 Å². The monoisotopic (exact) mass is 1410 g/mol. The van der Waals surface area contributed by atoms with Crippen LogP contribution in [0, 0.1) is 0 Å². The molecule has 0 saturated carbocycles. The summed E-state index contributed by atoms with van der Waals surface area (Å²) in [5.41, 5.74) is 4.87. The van der Waals surface area contributed by atoms with Gasteiger partial charge < -0.3 is 33.7 Å². The van der Waals surface area contributed by atoms with Gasteiger partial charge in [0.15, 0.2) is 0 Å². The van der Waals surface area contributed by atoms with Gasteiger partial charge in [0.25, 0.3) is 0 Å². The molecular formula is C88H150N2O11. The van der Waals surface area contributed by atoms with Crippen LogP contribution in [-0.2, 0) is 74.9 Å². The number of nitrogens with zero attached hydrogens (tertiary/aromatic N) is 1. The van der Waals surface area contributed by atoms with Gasteiger partial charge in [-0.2, -0.15) is 0 Å². The summed E-state index contributed by atoms with van der Waals surface area (Å²) in [5, 5.41) is 22.9. The van der Waals surface area contributed by atoms with Gasteiger partial charge in [-0.05, 0) is 89.0 Å². The molecule has 578 valence electrons. The van der Waals surface area contributed by atoms with Gasteiger partial charge in [-0.15, -0.1) is 0 Å². The smallest absolute Gasteiger partial charge is 0.0855 e. The van der Waals surface area contributed by atoms with Crippen molar-refractivity contribution in [1.82, 2.24) is 10.2 Å². The van der Waals surface area contributed by atoms with Crippen LogP contribution in [-0.4, -0.2) is 101 Å². The number of ether oxygens (including phenoxy) is 6. The van der Waals surface area contributed by atoms with Gasteiger partial charge in [-0.3, -0.25) is 4.90 Å². The summed E-state index contributed by atoms with van der Waals surface area (Å²) in [7, 11) is 0. The first kappa shape index (κ1) is 91.6. The fraction of sp³-hybridized carbons (Fsp3) is 0.727. The van der Waals surface area contributed by atoms with E-state index < -0.39 is 0 Å². The molecule has 0 aromatic heterocycles. The third kappa shape index (κ3) is 61.2.